The van der Waals surface area contributed by atoms with Gasteiger partial charge in [-0.3, -0.25) is 9.59 Å². The molecule has 5 fully saturated rings. The lowest BCUT2D eigenvalue weighted by molar-refractivity contribution is -0.200. The summed E-state index contributed by atoms with van der Waals surface area (Å²) < 4.78 is 5.66. The summed E-state index contributed by atoms with van der Waals surface area (Å²) in [5.74, 6) is 0.903. The molecule has 0 aromatic carbocycles. The van der Waals surface area contributed by atoms with Gasteiger partial charge in [0, 0.05) is 6.04 Å². The Kier molecular flexibility index (Phi) is 4.57. The van der Waals surface area contributed by atoms with Gasteiger partial charge in [-0.05, 0) is 76.0 Å². The van der Waals surface area contributed by atoms with E-state index in [1.807, 2.05) is 0 Å². The molecule has 1 amide bonds. The number of amides is 1. The molecule has 0 aliphatic heterocycles. The molecule has 26 heavy (non-hydrogen) atoms. The Morgan fingerprint density at radius 2 is 1.77 bits per heavy atom. The van der Waals surface area contributed by atoms with Gasteiger partial charge in [0.05, 0.1) is 11.0 Å². The number of aliphatic hydroxyl groups is 1. The summed E-state index contributed by atoms with van der Waals surface area (Å²) in [7, 11) is 0. The Balaban J connectivity index is 1.37. The summed E-state index contributed by atoms with van der Waals surface area (Å²) >= 11 is 0. The van der Waals surface area contributed by atoms with Crippen LogP contribution in [0.4, 0.5) is 0 Å². The van der Waals surface area contributed by atoms with E-state index in [1.54, 1.807) is 6.92 Å². The first kappa shape index (κ1) is 18.3. The van der Waals surface area contributed by atoms with Crippen molar-refractivity contribution in [2.45, 2.75) is 95.8 Å². The van der Waals surface area contributed by atoms with Crippen molar-refractivity contribution >= 4 is 11.9 Å². The first-order valence-corrected chi connectivity index (χ1v) is 10.5. The molecule has 146 valence electrons. The molecule has 4 bridgehead atoms. The van der Waals surface area contributed by atoms with Crippen molar-refractivity contribution < 1.29 is 19.4 Å². The summed E-state index contributed by atoms with van der Waals surface area (Å²) in [5.41, 5.74) is -1.25. The second kappa shape index (κ2) is 6.50. The molecular formula is C21H33NO4. The normalized spacial score (nSPS) is 45.2. The maximum atomic E-state index is 13.0. The molecule has 5 heteroatoms. The van der Waals surface area contributed by atoms with Crippen LogP contribution < -0.4 is 5.32 Å². The highest BCUT2D eigenvalue weighted by Gasteiger charge is 2.61. The number of rotatable bonds is 4. The van der Waals surface area contributed by atoms with E-state index in [0.29, 0.717) is 24.2 Å². The fourth-order valence-electron chi connectivity index (χ4n) is 6.62. The lowest BCUT2D eigenvalue weighted by Crippen LogP contribution is -2.59. The van der Waals surface area contributed by atoms with Gasteiger partial charge in [0.2, 0.25) is 0 Å². The van der Waals surface area contributed by atoms with Gasteiger partial charge in [0.25, 0.3) is 5.91 Å². The molecule has 0 spiro atoms. The highest BCUT2D eigenvalue weighted by molar-refractivity contribution is 5.85. The standard InChI is InChI=1S/C21H33NO4/c1-13-5-3-4-6-17(13)22-18(23)14(2)26-19(24)20-8-15-7-16(9-20)11-21(25,10-15)12-20/h13-17,25H,3-12H2,1-2H3,(H,22,23)/t13-,14+,15-,16-,17+,20?,21?/m1/s1. The van der Waals surface area contributed by atoms with Crippen LogP contribution in [-0.2, 0) is 14.3 Å². The highest BCUT2D eigenvalue weighted by atomic mass is 16.5. The second-order valence-electron chi connectivity index (χ2n) is 9.89. The third kappa shape index (κ3) is 3.28. The van der Waals surface area contributed by atoms with Crippen LogP contribution in [0.1, 0.15) is 78.1 Å². The summed E-state index contributed by atoms with van der Waals surface area (Å²) in [6, 6.07) is 0.192. The summed E-state index contributed by atoms with van der Waals surface area (Å²) in [5, 5.41) is 13.9. The van der Waals surface area contributed by atoms with Crippen LogP contribution >= 0.6 is 0 Å². The molecule has 0 aromatic heterocycles. The Labute approximate surface area is 156 Å². The van der Waals surface area contributed by atoms with Crippen LogP contribution in [0.25, 0.3) is 0 Å². The Morgan fingerprint density at radius 1 is 1.12 bits per heavy atom. The first-order valence-electron chi connectivity index (χ1n) is 10.5. The molecule has 5 aliphatic rings. The van der Waals surface area contributed by atoms with E-state index in [1.165, 1.54) is 6.42 Å². The van der Waals surface area contributed by atoms with Gasteiger partial charge in [-0.25, -0.2) is 0 Å². The van der Waals surface area contributed by atoms with E-state index < -0.39 is 17.1 Å². The minimum absolute atomic E-state index is 0.180. The van der Waals surface area contributed by atoms with E-state index in [-0.39, 0.29) is 17.9 Å². The summed E-state index contributed by atoms with van der Waals surface area (Å²) in [4.78, 5) is 25.5. The maximum Gasteiger partial charge on any atom is 0.312 e. The van der Waals surface area contributed by atoms with Crippen LogP contribution in [-0.4, -0.2) is 34.7 Å². The third-order valence-corrected chi connectivity index (χ3v) is 7.56. The molecule has 2 N–H and O–H groups in total. The second-order valence-corrected chi connectivity index (χ2v) is 9.89. The fraction of sp³-hybridized carbons (Fsp3) is 0.905. The maximum absolute atomic E-state index is 13.0. The molecule has 0 unspecified atom stereocenters. The van der Waals surface area contributed by atoms with Gasteiger partial charge in [0.15, 0.2) is 6.10 Å². The van der Waals surface area contributed by atoms with E-state index in [9.17, 15) is 14.7 Å². The first-order chi connectivity index (χ1) is 12.3. The average Bonchev–Trinajstić information content (AvgIpc) is 2.54. The molecule has 0 heterocycles. The van der Waals surface area contributed by atoms with Crippen LogP contribution in [0.2, 0.25) is 0 Å². The zero-order valence-corrected chi connectivity index (χ0v) is 16.1. The minimum Gasteiger partial charge on any atom is -0.452 e. The van der Waals surface area contributed by atoms with Crippen LogP contribution in [0, 0.1) is 23.2 Å². The number of carbonyl (C=O) groups excluding carboxylic acids is 2. The minimum atomic E-state index is -0.765. The Hall–Kier alpha value is -1.10. The van der Waals surface area contributed by atoms with Crippen molar-refractivity contribution in [3.05, 3.63) is 0 Å². The average molecular weight is 363 g/mol. The predicted octanol–water partition coefficient (Wildman–Crippen LogP) is 2.94. The van der Waals surface area contributed by atoms with E-state index in [2.05, 4.69) is 12.2 Å². The topological polar surface area (TPSA) is 75.6 Å². The van der Waals surface area contributed by atoms with Gasteiger partial charge in [-0.1, -0.05) is 19.8 Å². The van der Waals surface area contributed by atoms with E-state index in [0.717, 1.165) is 51.4 Å². The van der Waals surface area contributed by atoms with Gasteiger partial charge in [-0.2, -0.15) is 0 Å². The molecule has 0 radical (unpaired) electrons. The van der Waals surface area contributed by atoms with E-state index >= 15 is 0 Å². The molecule has 0 saturated heterocycles. The number of ether oxygens (including phenoxy) is 1. The third-order valence-electron chi connectivity index (χ3n) is 7.56. The number of esters is 1. The number of hydrogen-bond acceptors (Lipinski definition) is 4. The number of carbonyl (C=O) groups is 2. The van der Waals surface area contributed by atoms with Crippen LogP contribution in [0.5, 0.6) is 0 Å². The van der Waals surface area contributed by atoms with E-state index in [4.69, 9.17) is 4.74 Å². The molecular weight excluding hydrogens is 330 g/mol. The monoisotopic (exact) mass is 363 g/mol. The van der Waals surface area contributed by atoms with Crippen LogP contribution in [0.15, 0.2) is 0 Å². The van der Waals surface area contributed by atoms with Gasteiger partial charge >= 0.3 is 5.97 Å². The fourth-order valence-corrected chi connectivity index (χ4v) is 6.62. The predicted molar refractivity (Wildman–Crippen MR) is 97.2 cm³/mol. The van der Waals surface area contributed by atoms with Gasteiger partial charge in [0.1, 0.15) is 0 Å². The van der Waals surface area contributed by atoms with Crippen molar-refractivity contribution in [1.29, 1.82) is 0 Å². The Morgan fingerprint density at radius 3 is 2.38 bits per heavy atom. The quantitative estimate of drug-likeness (QED) is 0.753. The van der Waals surface area contributed by atoms with Crippen molar-refractivity contribution in [3.63, 3.8) is 0 Å². The largest absolute Gasteiger partial charge is 0.452 e. The lowest BCUT2D eigenvalue weighted by Gasteiger charge is -2.58. The molecule has 0 aromatic rings. The van der Waals surface area contributed by atoms with Gasteiger partial charge in [-0.15, -0.1) is 0 Å². The zero-order chi connectivity index (χ0) is 18.5. The van der Waals surface area contributed by atoms with Crippen molar-refractivity contribution in [2.75, 3.05) is 0 Å². The van der Waals surface area contributed by atoms with Crippen molar-refractivity contribution in [1.82, 2.24) is 5.32 Å². The molecule has 5 nitrogen and oxygen atoms in total. The Bertz CT molecular complexity index is 575. The number of nitrogens with one attached hydrogen (secondary N) is 1. The zero-order valence-electron chi connectivity index (χ0n) is 16.1. The van der Waals surface area contributed by atoms with Crippen molar-refractivity contribution in [3.8, 4) is 0 Å². The van der Waals surface area contributed by atoms with Gasteiger partial charge < -0.3 is 15.2 Å². The van der Waals surface area contributed by atoms with Crippen LogP contribution in [0.3, 0.4) is 0 Å². The summed E-state index contributed by atoms with van der Waals surface area (Å²) in [6.07, 6.45) is 8.70. The smallest absolute Gasteiger partial charge is 0.312 e. The highest BCUT2D eigenvalue weighted by Crippen LogP contribution is 2.62. The lowest BCUT2D eigenvalue weighted by atomic mass is 9.48. The van der Waals surface area contributed by atoms with Crippen molar-refractivity contribution in [2.24, 2.45) is 23.2 Å². The SMILES string of the molecule is C[C@H](OC(=O)C12C[C@H]3C[C@@H](CC(O)(C3)C1)C2)C(=O)N[C@H]1CCCC[C@H]1C. The molecule has 5 rings (SSSR count). The molecule has 5 saturated carbocycles. The molecule has 5 aliphatic carbocycles. The number of hydrogen-bond donors (Lipinski definition) is 2. The summed E-state index contributed by atoms with van der Waals surface area (Å²) in [6.45, 7) is 3.85. The molecule has 5 atom stereocenters.